The van der Waals surface area contributed by atoms with Gasteiger partial charge in [-0.05, 0) is 48.1 Å². The summed E-state index contributed by atoms with van der Waals surface area (Å²) in [5.41, 5.74) is 5.61. The molecule has 1 aliphatic heterocycles. The van der Waals surface area contributed by atoms with Crippen molar-refractivity contribution in [2.45, 2.75) is 33.2 Å². The van der Waals surface area contributed by atoms with E-state index < -0.39 is 5.97 Å². The molecule has 3 heterocycles. The van der Waals surface area contributed by atoms with Gasteiger partial charge in [0.25, 0.3) is 0 Å². The highest BCUT2D eigenvalue weighted by molar-refractivity contribution is 7.13. The molecular weight excluding hydrogens is 360 g/mol. The Morgan fingerprint density at radius 2 is 2.15 bits per heavy atom. The zero-order valence-corrected chi connectivity index (χ0v) is 16.5. The SMILES string of the molecule is COc1cc2c(cc1CC(C)C)-c1c(-c3nccs3)cc(C(=O)O)n1CC2. The molecule has 1 N–H and O–H groups in total. The Kier molecular flexibility index (Phi) is 4.52. The van der Waals surface area contributed by atoms with Gasteiger partial charge in [-0.1, -0.05) is 13.8 Å². The monoisotopic (exact) mass is 382 g/mol. The summed E-state index contributed by atoms with van der Waals surface area (Å²) in [6.45, 7) is 5.01. The van der Waals surface area contributed by atoms with Gasteiger partial charge < -0.3 is 14.4 Å². The van der Waals surface area contributed by atoms with Crippen LogP contribution in [0.1, 0.15) is 35.5 Å². The second kappa shape index (κ2) is 6.85. The number of benzene rings is 1. The number of carboxylic acids is 1. The molecule has 0 spiro atoms. The Bertz CT molecular complexity index is 1000. The van der Waals surface area contributed by atoms with E-state index in [0.717, 1.165) is 46.0 Å². The summed E-state index contributed by atoms with van der Waals surface area (Å²) in [5.74, 6) is 0.510. The minimum Gasteiger partial charge on any atom is -0.496 e. The van der Waals surface area contributed by atoms with Crippen molar-refractivity contribution in [1.82, 2.24) is 9.55 Å². The molecule has 0 fully saturated rings. The second-order valence-corrected chi connectivity index (χ2v) is 8.15. The fourth-order valence-electron chi connectivity index (χ4n) is 3.88. The van der Waals surface area contributed by atoms with Crippen LogP contribution in [-0.4, -0.2) is 27.7 Å². The van der Waals surface area contributed by atoms with Crippen molar-refractivity contribution in [3.63, 3.8) is 0 Å². The normalized spacial score (nSPS) is 12.7. The molecular formula is C21H22N2O3S. The number of rotatable bonds is 5. The molecule has 0 radical (unpaired) electrons. The van der Waals surface area contributed by atoms with Gasteiger partial charge in [0.05, 0.1) is 12.8 Å². The molecule has 0 saturated heterocycles. The van der Waals surface area contributed by atoms with Gasteiger partial charge in [-0.25, -0.2) is 9.78 Å². The molecule has 6 heteroatoms. The highest BCUT2D eigenvalue weighted by atomic mass is 32.1. The molecule has 0 unspecified atom stereocenters. The highest BCUT2D eigenvalue weighted by Crippen LogP contribution is 2.43. The van der Waals surface area contributed by atoms with E-state index in [2.05, 4.69) is 31.0 Å². The maximum absolute atomic E-state index is 11.8. The van der Waals surface area contributed by atoms with E-state index in [1.165, 1.54) is 16.9 Å². The van der Waals surface area contributed by atoms with Crippen LogP contribution in [0.4, 0.5) is 0 Å². The van der Waals surface area contributed by atoms with Crippen LogP contribution >= 0.6 is 11.3 Å². The van der Waals surface area contributed by atoms with Gasteiger partial charge in [0, 0.05) is 29.2 Å². The zero-order valence-electron chi connectivity index (χ0n) is 15.7. The van der Waals surface area contributed by atoms with E-state index in [4.69, 9.17) is 4.74 Å². The number of carbonyl (C=O) groups is 1. The van der Waals surface area contributed by atoms with Crippen LogP contribution in [0.5, 0.6) is 5.75 Å². The molecule has 2 aromatic heterocycles. The maximum atomic E-state index is 11.8. The Morgan fingerprint density at radius 1 is 1.33 bits per heavy atom. The fraction of sp³-hybridized carbons (Fsp3) is 0.333. The zero-order chi connectivity index (χ0) is 19.1. The summed E-state index contributed by atoms with van der Waals surface area (Å²) in [4.78, 5) is 16.3. The van der Waals surface area contributed by atoms with Crippen LogP contribution in [0.15, 0.2) is 29.8 Å². The number of hydrogen-bond donors (Lipinski definition) is 1. The van der Waals surface area contributed by atoms with Gasteiger partial charge >= 0.3 is 5.97 Å². The number of nitrogens with zero attached hydrogens (tertiary/aromatic N) is 2. The van der Waals surface area contributed by atoms with E-state index in [9.17, 15) is 9.90 Å². The van der Waals surface area contributed by atoms with Gasteiger partial charge in [-0.2, -0.15) is 0 Å². The summed E-state index contributed by atoms with van der Waals surface area (Å²) in [7, 11) is 1.71. The van der Waals surface area contributed by atoms with E-state index in [1.54, 1.807) is 19.4 Å². The van der Waals surface area contributed by atoms with E-state index in [1.807, 2.05) is 9.95 Å². The number of methoxy groups -OCH3 is 1. The Hall–Kier alpha value is -2.60. The number of fused-ring (bicyclic) bond motifs is 3. The summed E-state index contributed by atoms with van der Waals surface area (Å²) < 4.78 is 7.56. The molecule has 0 saturated carbocycles. The smallest absolute Gasteiger partial charge is 0.352 e. The predicted octanol–water partition coefficient (Wildman–Crippen LogP) is 4.74. The van der Waals surface area contributed by atoms with Gasteiger partial charge in [0.2, 0.25) is 0 Å². The first-order valence-electron chi connectivity index (χ1n) is 9.06. The minimum atomic E-state index is -0.904. The fourth-order valence-corrected chi connectivity index (χ4v) is 4.54. The highest BCUT2D eigenvalue weighted by Gasteiger charge is 2.28. The van der Waals surface area contributed by atoms with E-state index >= 15 is 0 Å². The molecule has 27 heavy (non-hydrogen) atoms. The van der Waals surface area contributed by atoms with Crippen molar-refractivity contribution in [2.24, 2.45) is 5.92 Å². The molecule has 0 amide bonds. The first kappa shape index (κ1) is 17.8. The maximum Gasteiger partial charge on any atom is 0.352 e. The number of aromatic nitrogens is 2. The van der Waals surface area contributed by atoms with Crippen molar-refractivity contribution in [2.75, 3.05) is 7.11 Å². The van der Waals surface area contributed by atoms with Crippen molar-refractivity contribution >= 4 is 17.3 Å². The lowest BCUT2D eigenvalue weighted by molar-refractivity contribution is 0.0685. The summed E-state index contributed by atoms with van der Waals surface area (Å²) in [6.07, 6.45) is 3.45. The topological polar surface area (TPSA) is 64.3 Å². The van der Waals surface area contributed by atoms with Crippen molar-refractivity contribution in [3.8, 4) is 27.6 Å². The Morgan fingerprint density at radius 3 is 2.78 bits per heavy atom. The summed E-state index contributed by atoms with van der Waals surface area (Å²) >= 11 is 1.53. The first-order valence-corrected chi connectivity index (χ1v) is 9.94. The van der Waals surface area contributed by atoms with Crippen LogP contribution < -0.4 is 4.74 Å². The van der Waals surface area contributed by atoms with Crippen LogP contribution in [0.3, 0.4) is 0 Å². The first-order chi connectivity index (χ1) is 13.0. The number of carboxylic acid groups (broad SMARTS) is 1. The van der Waals surface area contributed by atoms with Crippen LogP contribution in [-0.2, 0) is 19.4 Å². The molecule has 0 aliphatic carbocycles. The third kappa shape index (κ3) is 3.04. The molecule has 1 aromatic carbocycles. The lowest BCUT2D eigenvalue weighted by Gasteiger charge is -2.24. The van der Waals surface area contributed by atoms with Gasteiger partial charge in [0.15, 0.2) is 0 Å². The number of aryl methyl sites for hydroxylation is 1. The molecule has 140 valence electrons. The van der Waals surface area contributed by atoms with Crippen molar-refractivity contribution in [3.05, 3.63) is 46.6 Å². The number of aromatic carboxylic acids is 1. The lowest BCUT2D eigenvalue weighted by atomic mass is 9.91. The molecule has 3 aromatic rings. The van der Waals surface area contributed by atoms with Crippen molar-refractivity contribution in [1.29, 1.82) is 0 Å². The van der Waals surface area contributed by atoms with E-state index in [-0.39, 0.29) is 0 Å². The largest absolute Gasteiger partial charge is 0.496 e. The average molecular weight is 382 g/mol. The molecule has 5 nitrogen and oxygen atoms in total. The molecule has 0 atom stereocenters. The third-order valence-corrected chi connectivity index (χ3v) is 5.78. The average Bonchev–Trinajstić information content (AvgIpc) is 3.28. The van der Waals surface area contributed by atoms with E-state index in [0.29, 0.717) is 18.2 Å². The number of ether oxygens (including phenoxy) is 1. The van der Waals surface area contributed by atoms with Crippen LogP contribution in [0.25, 0.3) is 21.8 Å². The predicted molar refractivity (Wildman–Crippen MR) is 107 cm³/mol. The molecule has 1 aliphatic rings. The lowest BCUT2D eigenvalue weighted by Crippen LogP contribution is -2.16. The number of thiazole rings is 1. The molecule has 4 rings (SSSR count). The Labute approximate surface area is 162 Å². The standard InChI is InChI=1S/C21H22N2O3S/c1-12(2)8-14-9-15-13(10-18(14)26-3)4-6-23-17(21(24)25)11-16(19(15)23)20-22-5-7-27-20/h5,7,9-12H,4,6,8H2,1-3H3,(H,24,25). The van der Waals surface area contributed by atoms with Gasteiger partial charge in [0.1, 0.15) is 16.5 Å². The summed E-state index contributed by atoms with van der Waals surface area (Å²) in [5, 5.41) is 12.5. The Balaban J connectivity index is 1.97. The van der Waals surface area contributed by atoms with Crippen LogP contribution in [0.2, 0.25) is 0 Å². The van der Waals surface area contributed by atoms with Crippen LogP contribution in [0, 0.1) is 5.92 Å². The number of hydrogen-bond acceptors (Lipinski definition) is 4. The summed E-state index contributed by atoms with van der Waals surface area (Å²) in [6, 6.07) is 6.06. The quantitative estimate of drug-likeness (QED) is 0.692. The minimum absolute atomic E-state index is 0.321. The molecule has 0 bridgehead atoms. The third-order valence-electron chi connectivity index (χ3n) is 4.97. The van der Waals surface area contributed by atoms with Gasteiger partial charge in [-0.15, -0.1) is 11.3 Å². The van der Waals surface area contributed by atoms with Crippen molar-refractivity contribution < 1.29 is 14.6 Å². The van der Waals surface area contributed by atoms with Gasteiger partial charge in [-0.3, -0.25) is 0 Å². The second-order valence-electron chi connectivity index (χ2n) is 7.26.